The molecule has 8 heteroatoms. The zero-order chi connectivity index (χ0) is 20.2. The van der Waals surface area contributed by atoms with Gasteiger partial charge in [0.15, 0.2) is 0 Å². The Morgan fingerprint density at radius 3 is 2.18 bits per heavy atom. The van der Waals surface area contributed by atoms with Gasteiger partial charge >= 0.3 is 12.2 Å². The predicted octanol–water partition coefficient (Wildman–Crippen LogP) is 3.60. The molecule has 1 aliphatic heterocycles. The molecule has 0 bridgehead atoms. The summed E-state index contributed by atoms with van der Waals surface area (Å²) in [5.41, 5.74) is -2.42. The third kappa shape index (κ3) is 3.73. The first-order valence-electron chi connectivity index (χ1n) is 8.74. The van der Waals surface area contributed by atoms with E-state index in [9.17, 15) is 22.8 Å². The number of rotatable bonds is 7. The van der Waals surface area contributed by atoms with Gasteiger partial charge in [-0.3, -0.25) is 9.69 Å². The van der Waals surface area contributed by atoms with Crippen LogP contribution in [0.25, 0.3) is 0 Å². The minimum Gasteiger partial charge on any atom is -0.377 e. The molecule has 1 fully saturated rings. The molecule has 148 valence electrons. The van der Waals surface area contributed by atoms with E-state index >= 15 is 0 Å². The lowest BCUT2D eigenvalue weighted by Gasteiger charge is -2.29. The first-order valence-corrected chi connectivity index (χ1v) is 8.74. The Balaban J connectivity index is 1.65. The van der Waals surface area contributed by atoms with Gasteiger partial charge in [0.1, 0.15) is 0 Å². The average Bonchev–Trinajstić information content (AvgIpc) is 2.94. The summed E-state index contributed by atoms with van der Waals surface area (Å²) in [5, 5.41) is 1.86. The van der Waals surface area contributed by atoms with E-state index in [2.05, 4.69) is 0 Å². The van der Waals surface area contributed by atoms with Crippen molar-refractivity contribution in [1.29, 1.82) is 0 Å². The second-order valence-electron chi connectivity index (χ2n) is 6.39. The molecule has 0 radical (unpaired) electrons. The summed E-state index contributed by atoms with van der Waals surface area (Å²) in [6.07, 6.45) is -4.74. The number of nitrogens with zero attached hydrogens (tertiary/aromatic N) is 1. The standard InChI is InChI=1S/C20H19F3N2O3/c21-20(22,23)19(16-10-5-2-6-11-16)17(26)25(18(27)24-19)12-7-13-28-14-15-8-3-1-4-9-15/h1-6,8-11H,7,12-14H2,(H,24,27). The fraction of sp³-hybridized carbons (Fsp3) is 0.300. The van der Waals surface area contributed by atoms with Gasteiger partial charge in [0.2, 0.25) is 5.54 Å². The molecule has 1 aliphatic rings. The number of hydrogen-bond donors (Lipinski definition) is 1. The topological polar surface area (TPSA) is 58.6 Å². The molecule has 1 unspecified atom stereocenters. The SMILES string of the molecule is O=C1NC(c2ccccc2)(C(F)(F)F)C(=O)N1CCCOCc1ccccc1. The van der Waals surface area contributed by atoms with Crippen LogP contribution in [0, 0.1) is 0 Å². The van der Waals surface area contributed by atoms with E-state index < -0.39 is 23.7 Å². The van der Waals surface area contributed by atoms with Gasteiger partial charge in [-0.05, 0) is 17.5 Å². The lowest BCUT2D eigenvalue weighted by Crippen LogP contribution is -2.55. The van der Waals surface area contributed by atoms with E-state index in [1.54, 1.807) is 0 Å². The van der Waals surface area contributed by atoms with E-state index in [-0.39, 0.29) is 25.1 Å². The molecule has 2 aromatic carbocycles. The highest BCUT2D eigenvalue weighted by Gasteiger charge is 2.68. The van der Waals surface area contributed by atoms with E-state index in [1.807, 2.05) is 35.6 Å². The molecule has 1 N–H and O–H groups in total. The van der Waals surface area contributed by atoms with Gasteiger partial charge in [-0.2, -0.15) is 13.2 Å². The zero-order valence-corrected chi connectivity index (χ0v) is 14.9. The van der Waals surface area contributed by atoms with Crippen LogP contribution in [0.4, 0.5) is 18.0 Å². The van der Waals surface area contributed by atoms with Crippen LogP contribution in [-0.2, 0) is 21.7 Å². The second-order valence-corrected chi connectivity index (χ2v) is 6.39. The number of carbonyl (C=O) groups excluding carboxylic acids is 2. The maximum Gasteiger partial charge on any atom is 0.425 e. The minimum absolute atomic E-state index is 0.163. The molecule has 3 rings (SSSR count). The Bertz CT molecular complexity index is 828. The van der Waals surface area contributed by atoms with Gasteiger partial charge in [-0.25, -0.2) is 4.79 Å². The maximum absolute atomic E-state index is 13.8. The van der Waals surface area contributed by atoms with Gasteiger partial charge < -0.3 is 10.1 Å². The summed E-state index contributed by atoms with van der Waals surface area (Å²) in [6, 6.07) is 15.0. The predicted molar refractivity (Wildman–Crippen MR) is 95.1 cm³/mol. The van der Waals surface area contributed by atoms with E-state index in [1.165, 1.54) is 30.3 Å². The number of amides is 3. The number of benzene rings is 2. The normalized spacial score (nSPS) is 19.8. The van der Waals surface area contributed by atoms with E-state index in [0.717, 1.165) is 5.56 Å². The van der Waals surface area contributed by atoms with Crippen molar-refractivity contribution in [1.82, 2.24) is 10.2 Å². The molecular weight excluding hydrogens is 373 g/mol. The van der Waals surface area contributed by atoms with Crippen LogP contribution in [0.1, 0.15) is 17.5 Å². The third-order valence-electron chi connectivity index (χ3n) is 4.52. The molecule has 1 heterocycles. The molecule has 5 nitrogen and oxygen atoms in total. The molecule has 28 heavy (non-hydrogen) atoms. The molecule has 0 spiro atoms. The van der Waals surface area contributed by atoms with Crippen LogP contribution in [0.5, 0.6) is 0 Å². The number of urea groups is 1. The van der Waals surface area contributed by atoms with Crippen LogP contribution in [0.15, 0.2) is 60.7 Å². The molecular formula is C20H19F3N2O3. The lowest BCUT2D eigenvalue weighted by atomic mass is 9.89. The Hall–Kier alpha value is -2.87. The summed E-state index contributed by atoms with van der Waals surface area (Å²) in [7, 11) is 0. The number of hydrogen-bond acceptors (Lipinski definition) is 3. The highest BCUT2D eigenvalue weighted by atomic mass is 19.4. The van der Waals surface area contributed by atoms with Crippen LogP contribution < -0.4 is 5.32 Å². The largest absolute Gasteiger partial charge is 0.425 e. The number of ether oxygens (including phenoxy) is 1. The van der Waals surface area contributed by atoms with Gasteiger partial charge in [0, 0.05) is 13.2 Å². The molecule has 0 saturated carbocycles. The Morgan fingerprint density at radius 1 is 0.964 bits per heavy atom. The van der Waals surface area contributed by atoms with Crippen molar-refractivity contribution in [3.05, 3.63) is 71.8 Å². The van der Waals surface area contributed by atoms with E-state index in [4.69, 9.17) is 4.74 Å². The van der Waals surface area contributed by atoms with Gasteiger partial charge in [-0.1, -0.05) is 60.7 Å². The summed E-state index contributed by atoms with van der Waals surface area (Å²) in [4.78, 5) is 25.4. The summed E-state index contributed by atoms with van der Waals surface area (Å²) < 4.78 is 47.0. The summed E-state index contributed by atoms with van der Waals surface area (Å²) in [6.45, 7) is 0.387. The van der Waals surface area contributed by atoms with Crippen LogP contribution in [-0.4, -0.2) is 36.2 Å². The van der Waals surface area contributed by atoms with Crippen molar-refractivity contribution >= 4 is 11.9 Å². The summed E-state index contributed by atoms with van der Waals surface area (Å²) in [5.74, 6) is -1.32. The van der Waals surface area contributed by atoms with Crippen molar-refractivity contribution in [2.75, 3.05) is 13.2 Å². The highest BCUT2D eigenvalue weighted by molar-refractivity contribution is 6.08. The molecule has 2 aromatic rings. The fourth-order valence-electron chi connectivity index (χ4n) is 3.11. The Morgan fingerprint density at radius 2 is 1.57 bits per heavy atom. The maximum atomic E-state index is 13.8. The van der Waals surface area contributed by atoms with Crippen molar-refractivity contribution in [2.24, 2.45) is 0 Å². The quantitative estimate of drug-likeness (QED) is 0.579. The minimum atomic E-state index is -4.97. The first-order chi connectivity index (χ1) is 13.4. The number of nitrogens with one attached hydrogen (secondary N) is 1. The number of imide groups is 1. The number of halogens is 3. The van der Waals surface area contributed by atoms with Crippen molar-refractivity contribution in [3.63, 3.8) is 0 Å². The van der Waals surface area contributed by atoms with Gasteiger partial charge in [0.25, 0.3) is 5.91 Å². The number of carbonyl (C=O) groups is 2. The monoisotopic (exact) mass is 392 g/mol. The van der Waals surface area contributed by atoms with Crippen molar-refractivity contribution in [2.45, 2.75) is 24.7 Å². The smallest absolute Gasteiger partial charge is 0.377 e. The highest BCUT2D eigenvalue weighted by Crippen LogP contribution is 2.43. The van der Waals surface area contributed by atoms with Crippen molar-refractivity contribution < 1.29 is 27.5 Å². The Labute approximate surface area is 160 Å². The Kier molecular flexibility index (Phi) is 5.69. The second kappa shape index (κ2) is 8.02. The van der Waals surface area contributed by atoms with Gasteiger partial charge in [-0.15, -0.1) is 0 Å². The molecule has 3 amide bonds. The first kappa shape index (κ1) is 19.9. The van der Waals surface area contributed by atoms with Gasteiger partial charge in [0.05, 0.1) is 6.61 Å². The fourth-order valence-corrected chi connectivity index (χ4v) is 3.11. The average molecular weight is 392 g/mol. The van der Waals surface area contributed by atoms with Crippen molar-refractivity contribution in [3.8, 4) is 0 Å². The molecule has 1 saturated heterocycles. The molecule has 0 aromatic heterocycles. The van der Waals surface area contributed by atoms with Crippen LogP contribution in [0.3, 0.4) is 0 Å². The van der Waals surface area contributed by atoms with E-state index in [0.29, 0.717) is 11.5 Å². The zero-order valence-electron chi connectivity index (χ0n) is 14.9. The lowest BCUT2D eigenvalue weighted by molar-refractivity contribution is -0.198. The molecule has 1 atom stereocenters. The summed E-state index contributed by atoms with van der Waals surface area (Å²) >= 11 is 0. The number of alkyl halides is 3. The molecule has 0 aliphatic carbocycles. The van der Waals surface area contributed by atoms with Crippen LogP contribution >= 0.6 is 0 Å². The third-order valence-corrected chi connectivity index (χ3v) is 4.52. The van der Waals surface area contributed by atoms with Crippen LogP contribution in [0.2, 0.25) is 0 Å².